The van der Waals surface area contributed by atoms with Crippen molar-refractivity contribution in [2.45, 2.75) is 52.7 Å². The molecule has 6 nitrogen and oxygen atoms in total. The first-order chi connectivity index (χ1) is 10.0. The number of carbonyl (C=O) groups excluding carboxylic acids is 2. The lowest BCUT2D eigenvalue weighted by molar-refractivity contribution is -0.150. The fourth-order valence-electron chi connectivity index (χ4n) is 2.51. The molecule has 1 unspecified atom stereocenters. The zero-order valence-corrected chi connectivity index (χ0v) is 13.4. The van der Waals surface area contributed by atoms with Crippen molar-refractivity contribution in [1.82, 2.24) is 20.0 Å². The van der Waals surface area contributed by atoms with Gasteiger partial charge in [-0.05, 0) is 19.8 Å². The van der Waals surface area contributed by atoms with Crippen LogP contribution in [0, 0.1) is 0 Å². The lowest BCUT2D eigenvalue weighted by atomic mass is 10.1. The predicted molar refractivity (Wildman–Crippen MR) is 79.9 cm³/mol. The summed E-state index contributed by atoms with van der Waals surface area (Å²) in [6.45, 7) is 6.88. The Kier molecular flexibility index (Phi) is 5.00. The minimum absolute atomic E-state index is 0.183. The molecule has 0 saturated carbocycles. The molecule has 7 heteroatoms. The maximum Gasteiger partial charge on any atom is 0.246 e. The lowest BCUT2D eigenvalue weighted by Gasteiger charge is -2.31. The van der Waals surface area contributed by atoms with Gasteiger partial charge in [-0.15, -0.1) is 0 Å². The van der Waals surface area contributed by atoms with Crippen LogP contribution in [-0.4, -0.2) is 39.1 Å². The third kappa shape index (κ3) is 2.96. The van der Waals surface area contributed by atoms with Crippen LogP contribution in [0.15, 0.2) is 0 Å². The third-order valence-electron chi connectivity index (χ3n) is 3.78. The zero-order chi connectivity index (χ0) is 15.6. The van der Waals surface area contributed by atoms with Crippen molar-refractivity contribution in [3.8, 4) is 0 Å². The van der Waals surface area contributed by atoms with Crippen molar-refractivity contribution >= 4 is 23.4 Å². The molecule has 0 spiro atoms. The standard InChI is InChI=1S/C14H21ClN4O2/c1-4-9-13(15)11(19(6-3)17-9)8-18-12(20)7-16-10(5-2)14(18)21/h10,16H,4-8H2,1-3H3. The molecular weight excluding hydrogens is 292 g/mol. The lowest BCUT2D eigenvalue weighted by Crippen LogP contribution is -2.57. The van der Waals surface area contributed by atoms with E-state index >= 15 is 0 Å². The number of nitrogens with zero attached hydrogens (tertiary/aromatic N) is 3. The highest BCUT2D eigenvalue weighted by atomic mass is 35.5. The summed E-state index contributed by atoms with van der Waals surface area (Å²) in [6.07, 6.45) is 1.38. The number of carbonyl (C=O) groups is 2. The van der Waals surface area contributed by atoms with Gasteiger partial charge in [0.15, 0.2) is 0 Å². The molecule has 2 rings (SSSR count). The Hall–Kier alpha value is -1.40. The number of hydrogen-bond donors (Lipinski definition) is 1. The normalized spacial score (nSPS) is 19.4. The first-order valence-electron chi connectivity index (χ1n) is 7.35. The fourth-order valence-corrected chi connectivity index (χ4v) is 2.84. The smallest absolute Gasteiger partial charge is 0.246 e. The molecule has 1 fully saturated rings. The SMILES string of the molecule is CCc1nn(CC)c(CN2C(=O)CNC(CC)C2=O)c1Cl. The molecule has 0 bridgehead atoms. The van der Waals surface area contributed by atoms with Crippen molar-refractivity contribution in [3.05, 3.63) is 16.4 Å². The molecule has 1 atom stereocenters. The molecule has 2 heterocycles. The van der Waals surface area contributed by atoms with E-state index in [9.17, 15) is 9.59 Å². The summed E-state index contributed by atoms with van der Waals surface area (Å²) >= 11 is 6.35. The van der Waals surface area contributed by atoms with Gasteiger partial charge in [0.25, 0.3) is 0 Å². The second kappa shape index (κ2) is 6.58. The summed E-state index contributed by atoms with van der Waals surface area (Å²) < 4.78 is 1.77. The first-order valence-corrected chi connectivity index (χ1v) is 7.72. The number of amides is 2. The maximum atomic E-state index is 12.3. The third-order valence-corrected chi connectivity index (χ3v) is 4.21. The molecule has 1 aliphatic rings. The van der Waals surface area contributed by atoms with E-state index in [2.05, 4.69) is 10.4 Å². The van der Waals surface area contributed by atoms with Crippen LogP contribution < -0.4 is 5.32 Å². The van der Waals surface area contributed by atoms with Gasteiger partial charge in [0.1, 0.15) is 0 Å². The second-order valence-electron chi connectivity index (χ2n) is 5.04. The van der Waals surface area contributed by atoms with Crippen molar-refractivity contribution in [3.63, 3.8) is 0 Å². The molecular formula is C14H21ClN4O2. The molecule has 116 valence electrons. The summed E-state index contributed by atoms with van der Waals surface area (Å²) in [4.78, 5) is 25.6. The summed E-state index contributed by atoms with van der Waals surface area (Å²) in [5, 5.41) is 7.93. The summed E-state index contributed by atoms with van der Waals surface area (Å²) in [5.74, 6) is -0.408. The van der Waals surface area contributed by atoms with E-state index in [4.69, 9.17) is 11.6 Å². The van der Waals surface area contributed by atoms with Gasteiger partial charge in [-0.3, -0.25) is 24.5 Å². The predicted octanol–water partition coefficient (Wildman–Crippen LogP) is 1.36. The number of aryl methyl sites for hydroxylation is 2. The van der Waals surface area contributed by atoms with E-state index in [0.29, 0.717) is 18.0 Å². The number of hydrogen-bond acceptors (Lipinski definition) is 4. The maximum absolute atomic E-state index is 12.3. The number of aromatic nitrogens is 2. The quantitative estimate of drug-likeness (QED) is 0.834. The van der Waals surface area contributed by atoms with Gasteiger partial charge in [0.05, 0.1) is 35.5 Å². The van der Waals surface area contributed by atoms with Crippen LogP contribution in [0.1, 0.15) is 38.6 Å². The molecule has 1 N–H and O–H groups in total. The van der Waals surface area contributed by atoms with Gasteiger partial charge in [0.2, 0.25) is 11.8 Å². The summed E-state index contributed by atoms with van der Waals surface area (Å²) in [5.41, 5.74) is 1.53. The Morgan fingerprint density at radius 1 is 1.33 bits per heavy atom. The van der Waals surface area contributed by atoms with Gasteiger partial charge < -0.3 is 0 Å². The van der Waals surface area contributed by atoms with E-state index < -0.39 is 0 Å². The molecule has 1 aromatic rings. The molecule has 2 amide bonds. The Labute approximate surface area is 129 Å². The number of nitrogens with one attached hydrogen (secondary N) is 1. The highest BCUT2D eigenvalue weighted by Gasteiger charge is 2.34. The number of rotatable bonds is 5. The second-order valence-corrected chi connectivity index (χ2v) is 5.41. The van der Waals surface area contributed by atoms with Gasteiger partial charge >= 0.3 is 0 Å². The molecule has 21 heavy (non-hydrogen) atoms. The van der Waals surface area contributed by atoms with Gasteiger partial charge in [-0.25, -0.2) is 0 Å². The minimum atomic E-state index is -0.301. The average Bonchev–Trinajstić information content (AvgIpc) is 2.79. The number of piperazine rings is 1. The average molecular weight is 313 g/mol. The van der Waals surface area contributed by atoms with Crippen LogP contribution in [0.4, 0.5) is 0 Å². The van der Waals surface area contributed by atoms with Crippen LogP contribution in [0.25, 0.3) is 0 Å². The van der Waals surface area contributed by atoms with Crippen LogP contribution in [-0.2, 0) is 29.1 Å². The molecule has 1 saturated heterocycles. The van der Waals surface area contributed by atoms with Crippen LogP contribution >= 0.6 is 11.6 Å². The monoisotopic (exact) mass is 312 g/mol. The number of imide groups is 1. The van der Waals surface area contributed by atoms with Crippen LogP contribution in [0.2, 0.25) is 5.02 Å². The van der Waals surface area contributed by atoms with Gasteiger partial charge in [-0.2, -0.15) is 5.10 Å². The van der Waals surface area contributed by atoms with E-state index in [1.165, 1.54) is 4.90 Å². The van der Waals surface area contributed by atoms with Crippen molar-refractivity contribution in [1.29, 1.82) is 0 Å². The largest absolute Gasteiger partial charge is 0.297 e. The Morgan fingerprint density at radius 3 is 2.62 bits per heavy atom. The van der Waals surface area contributed by atoms with Crippen LogP contribution in [0.3, 0.4) is 0 Å². The zero-order valence-electron chi connectivity index (χ0n) is 12.6. The van der Waals surface area contributed by atoms with E-state index in [0.717, 1.165) is 17.8 Å². The highest BCUT2D eigenvalue weighted by Crippen LogP contribution is 2.24. The van der Waals surface area contributed by atoms with Crippen LogP contribution in [0.5, 0.6) is 0 Å². The Balaban J connectivity index is 2.29. The molecule has 0 radical (unpaired) electrons. The minimum Gasteiger partial charge on any atom is -0.297 e. The Bertz CT molecular complexity index is 555. The number of halogens is 1. The van der Waals surface area contributed by atoms with Crippen molar-refractivity contribution in [2.75, 3.05) is 6.54 Å². The van der Waals surface area contributed by atoms with Crippen molar-refractivity contribution < 1.29 is 9.59 Å². The van der Waals surface area contributed by atoms with E-state index in [-0.39, 0.29) is 30.9 Å². The molecule has 1 aromatic heterocycles. The topological polar surface area (TPSA) is 67.2 Å². The summed E-state index contributed by atoms with van der Waals surface area (Å²) in [6, 6.07) is -0.301. The molecule has 0 aliphatic carbocycles. The molecule has 0 aromatic carbocycles. The van der Waals surface area contributed by atoms with E-state index in [1.54, 1.807) is 4.68 Å². The van der Waals surface area contributed by atoms with Crippen molar-refractivity contribution in [2.24, 2.45) is 0 Å². The summed E-state index contributed by atoms with van der Waals surface area (Å²) in [7, 11) is 0. The van der Waals surface area contributed by atoms with E-state index in [1.807, 2.05) is 20.8 Å². The first kappa shape index (κ1) is 16.0. The fraction of sp³-hybridized carbons (Fsp3) is 0.643. The Morgan fingerprint density at radius 2 is 2.05 bits per heavy atom. The molecule has 1 aliphatic heterocycles. The van der Waals surface area contributed by atoms with Gasteiger partial charge in [-0.1, -0.05) is 25.4 Å². The highest BCUT2D eigenvalue weighted by molar-refractivity contribution is 6.32. The van der Waals surface area contributed by atoms with Gasteiger partial charge in [0, 0.05) is 6.54 Å².